The van der Waals surface area contributed by atoms with Gasteiger partial charge in [-0.3, -0.25) is 4.79 Å². The van der Waals surface area contributed by atoms with Crippen LogP contribution in [0.5, 0.6) is 5.75 Å². The predicted molar refractivity (Wildman–Crippen MR) is 121 cm³/mol. The largest absolute Gasteiger partial charge is 0.494 e. The summed E-state index contributed by atoms with van der Waals surface area (Å²) in [7, 11) is 0. The van der Waals surface area contributed by atoms with Crippen molar-refractivity contribution in [3.05, 3.63) is 83.0 Å². The van der Waals surface area contributed by atoms with Crippen molar-refractivity contribution < 1.29 is 13.9 Å². The molecular weight excluding hydrogens is 414 g/mol. The fourth-order valence-corrected chi connectivity index (χ4v) is 3.59. The molecule has 2 heterocycles. The van der Waals surface area contributed by atoms with Crippen molar-refractivity contribution >= 4 is 28.5 Å². The van der Waals surface area contributed by atoms with Gasteiger partial charge in [0, 0.05) is 24.5 Å². The molecule has 1 amide bonds. The fourth-order valence-electron chi connectivity index (χ4n) is 3.47. The number of hydrogen-bond acceptors (Lipinski definition) is 4. The molecule has 0 aliphatic rings. The highest BCUT2D eigenvalue weighted by Gasteiger charge is 2.12. The number of amides is 1. The molecule has 0 fully saturated rings. The Morgan fingerprint density at radius 1 is 1.19 bits per heavy atom. The number of fused-ring (bicyclic) bond motifs is 1. The Bertz CT molecular complexity index is 1170. The van der Waals surface area contributed by atoms with E-state index in [1.165, 1.54) is 6.26 Å². The molecule has 1 N–H and O–H groups in total. The maximum Gasteiger partial charge on any atom is 0.286 e. The van der Waals surface area contributed by atoms with Crippen LogP contribution in [-0.4, -0.2) is 28.6 Å². The van der Waals surface area contributed by atoms with Gasteiger partial charge in [-0.05, 0) is 61.4 Å². The summed E-state index contributed by atoms with van der Waals surface area (Å²) < 4.78 is 13.2. The van der Waals surface area contributed by atoms with Gasteiger partial charge < -0.3 is 19.0 Å². The van der Waals surface area contributed by atoms with Gasteiger partial charge in [-0.25, -0.2) is 4.98 Å². The lowest BCUT2D eigenvalue weighted by Gasteiger charge is -2.11. The Balaban J connectivity index is 1.37. The number of imidazole rings is 1. The van der Waals surface area contributed by atoms with Gasteiger partial charge in [0.1, 0.15) is 11.6 Å². The van der Waals surface area contributed by atoms with Gasteiger partial charge >= 0.3 is 0 Å². The highest BCUT2D eigenvalue weighted by atomic mass is 35.5. The Labute approximate surface area is 185 Å². The zero-order valence-corrected chi connectivity index (χ0v) is 18.1. The first kappa shape index (κ1) is 21.0. The lowest BCUT2D eigenvalue weighted by Crippen LogP contribution is -2.26. The summed E-state index contributed by atoms with van der Waals surface area (Å²) in [5.41, 5.74) is 3.03. The van der Waals surface area contributed by atoms with E-state index in [9.17, 15) is 4.79 Å². The minimum Gasteiger partial charge on any atom is -0.494 e. The molecule has 0 saturated heterocycles. The molecule has 6 nitrogen and oxygen atoms in total. The second-order valence-electron chi connectivity index (χ2n) is 7.26. The molecule has 2 aromatic carbocycles. The third-order valence-corrected chi connectivity index (χ3v) is 5.46. The summed E-state index contributed by atoms with van der Waals surface area (Å²) in [6.07, 6.45) is 2.94. The third kappa shape index (κ3) is 5.09. The zero-order valence-electron chi connectivity index (χ0n) is 17.3. The van der Waals surface area contributed by atoms with E-state index in [1.54, 1.807) is 12.1 Å². The number of nitrogens with one attached hydrogen (secondary N) is 1. The molecule has 0 aliphatic carbocycles. The van der Waals surface area contributed by atoms with Crippen LogP contribution in [0.25, 0.3) is 11.0 Å². The summed E-state index contributed by atoms with van der Waals surface area (Å²) >= 11 is 6.08. The molecule has 160 valence electrons. The molecule has 0 aliphatic heterocycles. The first-order valence-corrected chi connectivity index (χ1v) is 10.6. The van der Waals surface area contributed by atoms with E-state index in [4.69, 9.17) is 25.7 Å². The van der Waals surface area contributed by atoms with Crippen molar-refractivity contribution in [1.29, 1.82) is 0 Å². The number of ether oxygens (including phenoxy) is 1. The molecule has 0 spiro atoms. The van der Waals surface area contributed by atoms with Crippen LogP contribution in [0.4, 0.5) is 0 Å². The van der Waals surface area contributed by atoms with Crippen LogP contribution in [0.15, 0.2) is 65.3 Å². The van der Waals surface area contributed by atoms with E-state index >= 15 is 0 Å². The molecule has 0 unspecified atom stereocenters. The maximum atomic E-state index is 12.1. The molecule has 7 heteroatoms. The number of carbonyl (C=O) groups is 1. The number of aromatic nitrogens is 2. The number of furan rings is 1. The highest BCUT2D eigenvalue weighted by Crippen LogP contribution is 2.21. The van der Waals surface area contributed by atoms with Gasteiger partial charge in [-0.15, -0.1) is 0 Å². The number of halogens is 1. The SMILES string of the molecule is Cc1cc(OCCCn2c(CCNC(=O)c3ccco3)nc3ccccc32)ccc1Cl. The Morgan fingerprint density at radius 3 is 2.87 bits per heavy atom. The highest BCUT2D eigenvalue weighted by molar-refractivity contribution is 6.31. The lowest BCUT2D eigenvalue weighted by molar-refractivity contribution is 0.0926. The van der Waals surface area contributed by atoms with Crippen LogP contribution in [0.3, 0.4) is 0 Å². The van der Waals surface area contributed by atoms with E-state index in [0.29, 0.717) is 25.3 Å². The second-order valence-corrected chi connectivity index (χ2v) is 7.67. The molecule has 31 heavy (non-hydrogen) atoms. The quantitative estimate of drug-likeness (QED) is 0.373. The van der Waals surface area contributed by atoms with Gasteiger partial charge in [-0.2, -0.15) is 0 Å². The summed E-state index contributed by atoms with van der Waals surface area (Å²) in [5, 5.41) is 3.62. The van der Waals surface area contributed by atoms with Crippen LogP contribution >= 0.6 is 11.6 Å². The van der Waals surface area contributed by atoms with Crippen molar-refractivity contribution in [2.45, 2.75) is 26.3 Å². The lowest BCUT2D eigenvalue weighted by atomic mass is 10.2. The number of carbonyl (C=O) groups excluding carboxylic acids is 1. The number of aryl methyl sites for hydroxylation is 2. The summed E-state index contributed by atoms with van der Waals surface area (Å²) in [6, 6.07) is 17.1. The molecule has 0 atom stereocenters. The summed E-state index contributed by atoms with van der Waals surface area (Å²) in [4.78, 5) is 16.8. The number of hydrogen-bond donors (Lipinski definition) is 1. The Morgan fingerprint density at radius 2 is 2.06 bits per heavy atom. The van der Waals surface area contributed by atoms with Gasteiger partial charge in [-0.1, -0.05) is 23.7 Å². The van der Waals surface area contributed by atoms with Crippen molar-refractivity contribution in [1.82, 2.24) is 14.9 Å². The molecule has 4 aromatic rings. The maximum absolute atomic E-state index is 12.1. The van der Waals surface area contributed by atoms with Crippen LogP contribution in [0, 0.1) is 6.92 Å². The van der Waals surface area contributed by atoms with Gasteiger partial charge in [0.2, 0.25) is 0 Å². The average Bonchev–Trinajstić information content (AvgIpc) is 3.42. The van der Waals surface area contributed by atoms with Crippen molar-refractivity contribution in [3.63, 3.8) is 0 Å². The standard InChI is InChI=1S/C24H24ClN3O3/c1-17-16-18(9-10-19(17)25)30-15-5-13-28-21-7-3-2-6-20(21)27-23(28)11-12-26-24(29)22-8-4-14-31-22/h2-4,6-10,14,16H,5,11-13,15H2,1H3,(H,26,29). The normalized spacial score (nSPS) is 11.0. The van der Waals surface area contributed by atoms with E-state index in [-0.39, 0.29) is 5.91 Å². The van der Waals surface area contributed by atoms with Crippen molar-refractivity contribution in [2.24, 2.45) is 0 Å². The van der Waals surface area contributed by atoms with Gasteiger partial charge in [0.25, 0.3) is 5.91 Å². The number of para-hydroxylation sites is 2. The predicted octanol–water partition coefficient (Wildman–Crippen LogP) is 5.03. The molecule has 2 aromatic heterocycles. The molecular formula is C24H24ClN3O3. The first-order valence-electron chi connectivity index (χ1n) is 10.3. The van der Waals surface area contributed by atoms with E-state index < -0.39 is 0 Å². The summed E-state index contributed by atoms with van der Waals surface area (Å²) in [5.74, 6) is 1.84. The van der Waals surface area contributed by atoms with Gasteiger partial charge in [0.15, 0.2) is 5.76 Å². The molecule has 0 radical (unpaired) electrons. The number of benzene rings is 2. The average molecular weight is 438 g/mol. The fraction of sp³-hybridized carbons (Fsp3) is 0.250. The van der Waals surface area contributed by atoms with Gasteiger partial charge in [0.05, 0.1) is 23.9 Å². The van der Waals surface area contributed by atoms with E-state index in [1.807, 2.05) is 43.3 Å². The van der Waals surface area contributed by atoms with Crippen molar-refractivity contribution in [2.75, 3.05) is 13.2 Å². The van der Waals surface area contributed by atoms with Crippen LogP contribution < -0.4 is 10.1 Å². The molecule has 0 bridgehead atoms. The number of rotatable bonds is 9. The smallest absolute Gasteiger partial charge is 0.286 e. The van der Waals surface area contributed by atoms with Crippen LogP contribution in [0.1, 0.15) is 28.4 Å². The van der Waals surface area contributed by atoms with Crippen LogP contribution in [0.2, 0.25) is 5.02 Å². The first-order chi connectivity index (χ1) is 15.1. The second kappa shape index (κ2) is 9.71. The zero-order chi connectivity index (χ0) is 21.6. The van der Waals surface area contributed by atoms with Crippen molar-refractivity contribution in [3.8, 4) is 5.75 Å². The Hall–Kier alpha value is -3.25. The number of nitrogens with zero attached hydrogens (tertiary/aromatic N) is 2. The van der Waals surface area contributed by atoms with E-state index in [2.05, 4.69) is 16.0 Å². The minimum atomic E-state index is -0.223. The third-order valence-electron chi connectivity index (χ3n) is 5.04. The van der Waals surface area contributed by atoms with E-state index in [0.717, 1.165) is 46.2 Å². The van der Waals surface area contributed by atoms with Crippen LogP contribution in [-0.2, 0) is 13.0 Å². The summed E-state index contributed by atoms with van der Waals surface area (Å²) in [6.45, 7) is 3.80. The molecule has 4 rings (SSSR count). The molecule has 0 saturated carbocycles. The topological polar surface area (TPSA) is 69.3 Å². The monoisotopic (exact) mass is 437 g/mol. The minimum absolute atomic E-state index is 0.223. The Kier molecular flexibility index (Phi) is 6.57.